The van der Waals surface area contributed by atoms with Gasteiger partial charge in [0.15, 0.2) is 0 Å². The summed E-state index contributed by atoms with van der Waals surface area (Å²) < 4.78 is 1.61. The Morgan fingerprint density at radius 2 is 1.90 bits per heavy atom. The number of aryl methyl sites for hydroxylation is 1. The normalized spacial score (nSPS) is 10.7. The van der Waals surface area contributed by atoms with E-state index in [9.17, 15) is 4.79 Å². The third kappa shape index (κ3) is 2.76. The standard InChI is InChI=1S/C16H16N4O/c1-2-12-7-3-4-8-13(12)17-16(21)11-20-15-10-6-5-9-14(15)18-19-20/h3-10H,2,11H2,1H3,(H,17,21). The van der Waals surface area contributed by atoms with Gasteiger partial charge in [0.2, 0.25) is 5.91 Å². The van der Waals surface area contributed by atoms with E-state index in [1.54, 1.807) is 4.68 Å². The molecular weight excluding hydrogens is 264 g/mol. The maximum absolute atomic E-state index is 12.2. The van der Waals surface area contributed by atoms with E-state index in [-0.39, 0.29) is 12.5 Å². The molecule has 0 aliphatic heterocycles. The van der Waals surface area contributed by atoms with E-state index in [2.05, 4.69) is 22.6 Å². The number of carbonyl (C=O) groups is 1. The molecule has 3 rings (SSSR count). The summed E-state index contributed by atoms with van der Waals surface area (Å²) in [4.78, 5) is 12.2. The number of nitrogens with one attached hydrogen (secondary N) is 1. The van der Waals surface area contributed by atoms with Crippen molar-refractivity contribution in [3.63, 3.8) is 0 Å². The van der Waals surface area contributed by atoms with Gasteiger partial charge in [0.1, 0.15) is 12.1 Å². The van der Waals surface area contributed by atoms with Gasteiger partial charge in [-0.05, 0) is 30.2 Å². The predicted molar refractivity (Wildman–Crippen MR) is 82.0 cm³/mol. The topological polar surface area (TPSA) is 59.8 Å². The average molecular weight is 280 g/mol. The first kappa shape index (κ1) is 13.3. The molecule has 0 bridgehead atoms. The van der Waals surface area contributed by atoms with E-state index >= 15 is 0 Å². The van der Waals surface area contributed by atoms with Gasteiger partial charge in [-0.3, -0.25) is 4.79 Å². The number of hydrogen-bond donors (Lipinski definition) is 1. The molecule has 0 saturated carbocycles. The molecule has 3 aromatic rings. The van der Waals surface area contributed by atoms with Gasteiger partial charge in [-0.2, -0.15) is 0 Å². The van der Waals surface area contributed by atoms with Crippen molar-refractivity contribution >= 4 is 22.6 Å². The molecule has 5 nitrogen and oxygen atoms in total. The summed E-state index contributed by atoms with van der Waals surface area (Å²) in [6.45, 7) is 2.22. The highest BCUT2D eigenvalue weighted by molar-refractivity contribution is 5.92. The lowest BCUT2D eigenvalue weighted by Crippen LogP contribution is -2.20. The van der Waals surface area contributed by atoms with Gasteiger partial charge in [-0.1, -0.05) is 42.5 Å². The van der Waals surface area contributed by atoms with Crippen molar-refractivity contribution in [3.8, 4) is 0 Å². The van der Waals surface area contributed by atoms with Crippen LogP contribution in [-0.2, 0) is 17.8 Å². The SMILES string of the molecule is CCc1ccccc1NC(=O)Cn1nnc2ccccc21. The summed E-state index contributed by atoms with van der Waals surface area (Å²) in [6, 6.07) is 15.4. The quantitative estimate of drug-likeness (QED) is 0.799. The first-order valence-electron chi connectivity index (χ1n) is 6.94. The van der Waals surface area contributed by atoms with Crippen LogP contribution in [-0.4, -0.2) is 20.9 Å². The van der Waals surface area contributed by atoms with E-state index < -0.39 is 0 Å². The predicted octanol–water partition coefficient (Wildman–Crippen LogP) is 2.63. The summed E-state index contributed by atoms with van der Waals surface area (Å²) >= 11 is 0. The third-order valence-electron chi connectivity index (χ3n) is 3.39. The summed E-state index contributed by atoms with van der Waals surface area (Å²) in [5.41, 5.74) is 3.62. The molecule has 0 aliphatic rings. The Kier molecular flexibility index (Phi) is 3.64. The fraction of sp³-hybridized carbons (Fsp3) is 0.188. The lowest BCUT2D eigenvalue weighted by Gasteiger charge is -2.09. The Hall–Kier alpha value is -2.69. The zero-order chi connectivity index (χ0) is 14.7. The van der Waals surface area contributed by atoms with Crippen molar-refractivity contribution in [1.29, 1.82) is 0 Å². The molecule has 2 aromatic carbocycles. The van der Waals surface area contributed by atoms with Crippen LogP contribution in [0, 0.1) is 0 Å². The van der Waals surface area contributed by atoms with Crippen molar-refractivity contribution in [2.75, 3.05) is 5.32 Å². The van der Waals surface area contributed by atoms with E-state index in [0.717, 1.165) is 28.7 Å². The third-order valence-corrected chi connectivity index (χ3v) is 3.39. The number of anilines is 1. The van der Waals surface area contributed by atoms with Crippen LogP contribution in [0.2, 0.25) is 0 Å². The molecule has 1 N–H and O–H groups in total. The number of carbonyl (C=O) groups excluding carboxylic acids is 1. The maximum atomic E-state index is 12.2. The highest BCUT2D eigenvalue weighted by Crippen LogP contribution is 2.16. The Balaban J connectivity index is 1.77. The number of aromatic nitrogens is 3. The van der Waals surface area contributed by atoms with Crippen LogP contribution in [0.3, 0.4) is 0 Å². The molecule has 0 radical (unpaired) electrons. The van der Waals surface area contributed by atoms with Gasteiger partial charge in [0, 0.05) is 5.69 Å². The maximum Gasteiger partial charge on any atom is 0.246 e. The number of amides is 1. The lowest BCUT2D eigenvalue weighted by atomic mass is 10.1. The Labute approximate surface area is 122 Å². The van der Waals surface area contributed by atoms with Crippen LogP contribution in [0.1, 0.15) is 12.5 Å². The van der Waals surface area contributed by atoms with Gasteiger partial charge in [0.05, 0.1) is 5.52 Å². The highest BCUT2D eigenvalue weighted by Gasteiger charge is 2.10. The summed E-state index contributed by atoms with van der Waals surface area (Å²) in [5.74, 6) is -0.105. The summed E-state index contributed by atoms with van der Waals surface area (Å²) in [5, 5.41) is 11.0. The largest absolute Gasteiger partial charge is 0.324 e. The van der Waals surface area contributed by atoms with Crippen LogP contribution >= 0.6 is 0 Å². The summed E-state index contributed by atoms with van der Waals surface area (Å²) in [6.07, 6.45) is 0.878. The number of fused-ring (bicyclic) bond motifs is 1. The fourth-order valence-corrected chi connectivity index (χ4v) is 2.31. The fourth-order valence-electron chi connectivity index (χ4n) is 2.31. The Morgan fingerprint density at radius 3 is 2.76 bits per heavy atom. The number of rotatable bonds is 4. The smallest absolute Gasteiger partial charge is 0.246 e. The van der Waals surface area contributed by atoms with Gasteiger partial charge in [0.25, 0.3) is 0 Å². The Morgan fingerprint density at radius 1 is 1.14 bits per heavy atom. The molecule has 0 saturated heterocycles. The van der Waals surface area contributed by atoms with Crippen LogP contribution in [0.4, 0.5) is 5.69 Å². The van der Waals surface area contributed by atoms with Crippen molar-refractivity contribution in [1.82, 2.24) is 15.0 Å². The number of para-hydroxylation sites is 2. The van der Waals surface area contributed by atoms with Crippen molar-refractivity contribution in [2.45, 2.75) is 19.9 Å². The molecule has 0 fully saturated rings. The van der Waals surface area contributed by atoms with Crippen molar-refractivity contribution in [3.05, 3.63) is 54.1 Å². The second-order valence-electron chi connectivity index (χ2n) is 4.79. The molecule has 0 unspecified atom stereocenters. The lowest BCUT2D eigenvalue weighted by molar-refractivity contribution is -0.116. The van der Waals surface area contributed by atoms with Gasteiger partial charge >= 0.3 is 0 Å². The van der Waals surface area contributed by atoms with Crippen LogP contribution in [0.15, 0.2) is 48.5 Å². The van der Waals surface area contributed by atoms with E-state index in [4.69, 9.17) is 0 Å². The minimum absolute atomic E-state index is 0.105. The molecular formula is C16H16N4O. The van der Waals surface area contributed by atoms with Crippen molar-refractivity contribution < 1.29 is 4.79 Å². The zero-order valence-electron chi connectivity index (χ0n) is 11.8. The molecule has 1 heterocycles. The van der Waals surface area contributed by atoms with Crippen LogP contribution in [0.25, 0.3) is 11.0 Å². The molecule has 0 atom stereocenters. The Bertz CT molecular complexity index is 779. The highest BCUT2D eigenvalue weighted by atomic mass is 16.2. The molecule has 0 aliphatic carbocycles. The summed E-state index contributed by atoms with van der Waals surface area (Å²) in [7, 11) is 0. The number of benzene rings is 2. The molecule has 1 aromatic heterocycles. The molecule has 21 heavy (non-hydrogen) atoms. The van der Waals surface area contributed by atoms with E-state index in [0.29, 0.717) is 0 Å². The number of hydrogen-bond acceptors (Lipinski definition) is 3. The molecule has 0 spiro atoms. The molecule has 106 valence electrons. The molecule has 5 heteroatoms. The zero-order valence-corrected chi connectivity index (χ0v) is 11.8. The molecule has 1 amide bonds. The van der Waals surface area contributed by atoms with Crippen LogP contribution < -0.4 is 5.32 Å². The van der Waals surface area contributed by atoms with Gasteiger partial charge < -0.3 is 5.32 Å². The minimum atomic E-state index is -0.105. The van der Waals surface area contributed by atoms with Crippen LogP contribution in [0.5, 0.6) is 0 Å². The first-order valence-corrected chi connectivity index (χ1v) is 6.94. The van der Waals surface area contributed by atoms with E-state index in [1.165, 1.54) is 0 Å². The number of nitrogens with zero attached hydrogens (tertiary/aromatic N) is 3. The minimum Gasteiger partial charge on any atom is -0.324 e. The van der Waals surface area contributed by atoms with Gasteiger partial charge in [-0.15, -0.1) is 5.10 Å². The van der Waals surface area contributed by atoms with Crippen molar-refractivity contribution in [2.24, 2.45) is 0 Å². The second-order valence-corrected chi connectivity index (χ2v) is 4.79. The second kappa shape index (κ2) is 5.75. The van der Waals surface area contributed by atoms with E-state index in [1.807, 2.05) is 48.5 Å². The first-order chi connectivity index (χ1) is 10.3. The van der Waals surface area contributed by atoms with Gasteiger partial charge in [-0.25, -0.2) is 4.68 Å². The monoisotopic (exact) mass is 280 g/mol. The average Bonchev–Trinajstić information content (AvgIpc) is 2.91.